The van der Waals surface area contributed by atoms with Crippen LogP contribution in [-0.4, -0.2) is 28.9 Å². The van der Waals surface area contributed by atoms with E-state index in [1.165, 1.54) is 0 Å². The number of nitrogens with one attached hydrogen (secondary N) is 1. The lowest BCUT2D eigenvalue weighted by molar-refractivity contribution is 0.0954. The molecule has 30 heavy (non-hydrogen) atoms. The van der Waals surface area contributed by atoms with Crippen LogP contribution in [0.5, 0.6) is 5.75 Å². The number of hydrogen-bond acceptors (Lipinski definition) is 4. The summed E-state index contributed by atoms with van der Waals surface area (Å²) >= 11 is 1.71. The van der Waals surface area contributed by atoms with Crippen LogP contribution >= 0.6 is 11.8 Å². The fourth-order valence-electron chi connectivity index (χ4n) is 3.13. The van der Waals surface area contributed by atoms with E-state index in [9.17, 15) is 4.79 Å². The third-order valence-electron chi connectivity index (χ3n) is 4.78. The average Bonchev–Trinajstić information content (AvgIpc) is 3.21. The molecular formula is C24H23N3O2S. The largest absolute Gasteiger partial charge is 0.497 e. The number of carbonyl (C=O) groups excluding carboxylic acids is 1. The number of methoxy groups -OCH3 is 1. The van der Waals surface area contributed by atoms with Crippen LogP contribution in [0.1, 0.15) is 21.6 Å². The molecule has 1 N–H and O–H groups in total. The first-order valence-electron chi connectivity index (χ1n) is 9.78. The van der Waals surface area contributed by atoms with Crippen LogP contribution in [0.25, 0.3) is 5.65 Å². The van der Waals surface area contributed by atoms with E-state index in [4.69, 9.17) is 4.74 Å². The average molecular weight is 418 g/mol. The summed E-state index contributed by atoms with van der Waals surface area (Å²) in [6.45, 7) is 0.593. The van der Waals surface area contributed by atoms with Crippen LogP contribution in [0.15, 0.2) is 84.0 Å². The van der Waals surface area contributed by atoms with Crippen molar-refractivity contribution in [1.82, 2.24) is 14.7 Å². The van der Waals surface area contributed by atoms with E-state index in [1.807, 2.05) is 83.5 Å². The van der Waals surface area contributed by atoms with Gasteiger partial charge in [-0.05, 0) is 60.5 Å². The molecule has 0 fully saturated rings. The van der Waals surface area contributed by atoms with Gasteiger partial charge in [-0.25, -0.2) is 4.98 Å². The number of aromatic nitrogens is 2. The first-order valence-corrected chi connectivity index (χ1v) is 10.8. The number of ether oxygens (including phenoxy) is 1. The van der Waals surface area contributed by atoms with Gasteiger partial charge in [0.15, 0.2) is 0 Å². The van der Waals surface area contributed by atoms with Gasteiger partial charge in [0, 0.05) is 35.2 Å². The van der Waals surface area contributed by atoms with Gasteiger partial charge in [0.1, 0.15) is 11.4 Å². The number of nitrogens with zero attached hydrogens (tertiary/aromatic N) is 2. The molecule has 0 saturated carbocycles. The van der Waals surface area contributed by atoms with Crippen molar-refractivity contribution >= 4 is 23.3 Å². The van der Waals surface area contributed by atoms with Crippen molar-refractivity contribution in [1.29, 1.82) is 0 Å². The van der Waals surface area contributed by atoms with Crippen molar-refractivity contribution < 1.29 is 9.53 Å². The number of thioether (sulfide) groups is 1. The Balaban J connectivity index is 1.26. The Morgan fingerprint density at radius 2 is 1.87 bits per heavy atom. The Morgan fingerprint density at radius 3 is 2.60 bits per heavy atom. The smallest absolute Gasteiger partial charge is 0.251 e. The highest BCUT2D eigenvalue weighted by molar-refractivity contribution is 7.98. The van der Waals surface area contributed by atoms with Gasteiger partial charge in [0.25, 0.3) is 5.91 Å². The van der Waals surface area contributed by atoms with Crippen molar-refractivity contribution in [2.45, 2.75) is 17.1 Å². The lowest BCUT2D eigenvalue weighted by atomic mass is 10.1. The van der Waals surface area contributed by atoms with E-state index in [2.05, 4.69) is 10.3 Å². The first kappa shape index (κ1) is 20.0. The molecule has 5 nitrogen and oxygen atoms in total. The van der Waals surface area contributed by atoms with Crippen LogP contribution in [0.3, 0.4) is 0 Å². The molecule has 0 spiro atoms. The number of pyridine rings is 1. The molecule has 152 valence electrons. The van der Waals surface area contributed by atoms with E-state index in [0.717, 1.165) is 39.7 Å². The fourth-order valence-corrected chi connectivity index (χ4v) is 3.91. The maximum absolute atomic E-state index is 12.4. The Kier molecular flexibility index (Phi) is 6.35. The third kappa shape index (κ3) is 5.02. The van der Waals surface area contributed by atoms with Crippen molar-refractivity contribution in [3.05, 3.63) is 95.9 Å². The number of carbonyl (C=O) groups is 1. The van der Waals surface area contributed by atoms with Crippen LogP contribution in [0.4, 0.5) is 0 Å². The van der Waals surface area contributed by atoms with E-state index >= 15 is 0 Å². The van der Waals surface area contributed by atoms with Gasteiger partial charge in [-0.1, -0.05) is 18.2 Å². The van der Waals surface area contributed by atoms with Crippen molar-refractivity contribution in [3.63, 3.8) is 0 Å². The van der Waals surface area contributed by atoms with E-state index < -0.39 is 0 Å². The molecule has 4 rings (SSSR count). The predicted octanol–water partition coefficient (Wildman–Crippen LogP) is 4.61. The minimum atomic E-state index is -0.0552. The monoisotopic (exact) mass is 417 g/mol. The quantitative estimate of drug-likeness (QED) is 0.426. The number of benzene rings is 2. The van der Waals surface area contributed by atoms with Gasteiger partial charge in [-0.2, -0.15) is 0 Å². The van der Waals surface area contributed by atoms with Gasteiger partial charge < -0.3 is 14.5 Å². The summed E-state index contributed by atoms with van der Waals surface area (Å²) in [7, 11) is 1.65. The number of fused-ring (bicyclic) bond motifs is 1. The van der Waals surface area contributed by atoms with Crippen molar-refractivity contribution in [2.24, 2.45) is 0 Å². The summed E-state index contributed by atoms with van der Waals surface area (Å²) in [5, 5.41) is 2.98. The number of rotatable bonds is 8. The number of amides is 1. The molecule has 0 bridgehead atoms. The molecule has 0 saturated heterocycles. The zero-order valence-corrected chi connectivity index (χ0v) is 17.6. The SMILES string of the molecule is COc1ccc(CCNC(=O)c2ccc(SCc3cn4ccccc4n3)cc2)cc1. The Morgan fingerprint density at radius 1 is 1.07 bits per heavy atom. The zero-order chi connectivity index (χ0) is 20.8. The molecule has 1 amide bonds. The number of imidazole rings is 1. The minimum Gasteiger partial charge on any atom is -0.497 e. The van der Waals surface area contributed by atoms with E-state index in [0.29, 0.717) is 12.1 Å². The second-order valence-electron chi connectivity index (χ2n) is 6.87. The van der Waals surface area contributed by atoms with Crippen LogP contribution in [-0.2, 0) is 12.2 Å². The summed E-state index contributed by atoms with van der Waals surface area (Å²) in [4.78, 5) is 18.1. The molecule has 0 unspecified atom stereocenters. The standard InChI is InChI=1S/C24H23N3O2S/c1-29-21-9-5-18(6-10-21)13-14-25-24(28)19-7-11-22(12-8-19)30-17-20-16-27-15-3-2-4-23(27)26-20/h2-12,15-16H,13-14,17H2,1H3,(H,25,28). The summed E-state index contributed by atoms with van der Waals surface area (Å²) in [5.74, 6) is 1.57. The Labute approximate surface area is 180 Å². The Hall–Kier alpha value is -3.25. The lowest BCUT2D eigenvalue weighted by Gasteiger charge is -2.07. The highest BCUT2D eigenvalue weighted by atomic mass is 32.2. The molecule has 0 aliphatic carbocycles. The molecule has 0 atom stereocenters. The normalized spacial score (nSPS) is 10.8. The molecule has 0 radical (unpaired) electrons. The highest BCUT2D eigenvalue weighted by Crippen LogP contribution is 2.23. The van der Waals surface area contributed by atoms with Crippen molar-refractivity contribution in [2.75, 3.05) is 13.7 Å². The van der Waals surface area contributed by atoms with Crippen LogP contribution < -0.4 is 10.1 Å². The van der Waals surface area contributed by atoms with Gasteiger partial charge in [-0.3, -0.25) is 4.79 Å². The summed E-state index contributed by atoms with van der Waals surface area (Å²) in [5.41, 5.74) is 3.82. The maximum Gasteiger partial charge on any atom is 0.251 e. The highest BCUT2D eigenvalue weighted by Gasteiger charge is 2.06. The Bertz CT molecular complexity index is 1090. The fraction of sp³-hybridized carbons (Fsp3) is 0.167. The van der Waals surface area contributed by atoms with Gasteiger partial charge in [0.2, 0.25) is 0 Å². The molecule has 2 aromatic heterocycles. The minimum absolute atomic E-state index is 0.0552. The van der Waals surface area contributed by atoms with E-state index in [1.54, 1.807) is 18.9 Å². The first-order chi connectivity index (χ1) is 14.7. The van der Waals surface area contributed by atoms with Crippen molar-refractivity contribution in [3.8, 4) is 5.75 Å². The summed E-state index contributed by atoms with van der Waals surface area (Å²) in [6.07, 6.45) is 4.83. The summed E-state index contributed by atoms with van der Waals surface area (Å²) < 4.78 is 7.18. The van der Waals surface area contributed by atoms with Gasteiger partial charge in [0.05, 0.1) is 12.8 Å². The second kappa shape index (κ2) is 9.50. The molecule has 6 heteroatoms. The second-order valence-corrected chi connectivity index (χ2v) is 7.91. The predicted molar refractivity (Wildman–Crippen MR) is 120 cm³/mol. The maximum atomic E-state index is 12.4. The van der Waals surface area contributed by atoms with Crippen LogP contribution in [0, 0.1) is 0 Å². The molecule has 2 aromatic carbocycles. The lowest BCUT2D eigenvalue weighted by Crippen LogP contribution is -2.25. The third-order valence-corrected chi connectivity index (χ3v) is 5.82. The number of hydrogen-bond donors (Lipinski definition) is 1. The van der Waals surface area contributed by atoms with Gasteiger partial charge in [-0.15, -0.1) is 11.8 Å². The van der Waals surface area contributed by atoms with Gasteiger partial charge >= 0.3 is 0 Å². The topological polar surface area (TPSA) is 55.6 Å². The van der Waals surface area contributed by atoms with Crippen LogP contribution in [0.2, 0.25) is 0 Å². The molecular weight excluding hydrogens is 394 g/mol. The summed E-state index contributed by atoms with van der Waals surface area (Å²) in [6, 6.07) is 21.6. The zero-order valence-electron chi connectivity index (χ0n) is 16.7. The molecule has 2 heterocycles. The molecule has 0 aliphatic rings. The molecule has 0 aliphatic heterocycles. The van der Waals surface area contributed by atoms with E-state index in [-0.39, 0.29) is 5.91 Å². The molecule has 4 aromatic rings.